The van der Waals surface area contributed by atoms with E-state index in [4.69, 9.17) is 4.89 Å². The second kappa shape index (κ2) is 2.55. The number of hydrogen-bond acceptors (Lipinski definition) is 1. The van der Waals surface area contributed by atoms with Crippen molar-refractivity contribution >= 4 is 7.68 Å². The summed E-state index contributed by atoms with van der Waals surface area (Å²) in [5.41, 5.74) is -4.12. The summed E-state index contributed by atoms with van der Waals surface area (Å²) < 4.78 is 45.9. The summed E-state index contributed by atoms with van der Waals surface area (Å²) in [4.78, 5) is 7.85. The quantitative estimate of drug-likeness (QED) is 0.656. The summed E-state index contributed by atoms with van der Waals surface area (Å²) in [6.45, 7) is 1.95. The van der Waals surface area contributed by atoms with E-state index in [2.05, 4.69) is 0 Å². The first-order valence-corrected chi connectivity index (χ1v) is 4.15. The Labute approximate surface area is 56.6 Å². The highest BCUT2D eigenvalue weighted by Gasteiger charge is 2.52. The molecule has 0 saturated carbocycles. The van der Waals surface area contributed by atoms with E-state index in [1.165, 1.54) is 0 Å². The van der Waals surface area contributed by atoms with Crippen LogP contribution in [0, 0.1) is 5.92 Å². The first-order chi connectivity index (χ1) is 4.19. The average Bonchev–Trinajstić information content (AvgIpc) is 1.62. The zero-order valence-corrected chi connectivity index (χ0v) is 6.41. The van der Waals surface area contributed by atoms with Gasteiger partial charge in [0.2, 0.25) is 0 Å². The van der Waals surface area contributed by atoms with E-state index in [9.17, 15) is 17.5 Å². The van der Waals surface area contributed by atoms with E-state index in [-0.39, 0.29) is 0 Å². The summed E-state index contributed by atoms with van der Waals surface area (Å²) in [5.74, 6) is -1.46. The van der Waals surface area contributed by atoms with Gasteiger partial charge < -0.3 is 4.89 Å². The van der Waals surface area contributed by atoms with E-state index in [0.29, 0.717) is 0 Å². The van der Waals surface area contributed by atoms with Gasteiger partial charge in [-0.2, -0.15) is 13.0 Å². The van der Waals surface area contributed by atoms with Gasteiger partial charge in [-0.15, -0.1) is 0 Å². The Kier molecular flexibility index (Phi) is 2.54. The van der Waals surface area contributed by atoms with Gasteiger partial charge in [0, 0.05) is 5.92 Å². The fraction of sp³-hybridized carbons (Fsp3) is 1.00. The summed E-state index contributed by atoms with van der Waals surface area (Å²) in [7, 11) is -5.76. The highest BCUT2D eigenvalue weighted by Crippen LogP contribution is 2.61. The van der Waals surface area contributed by atoms with E-state index in [1.807, 2.05) is 0 Å². The van der Waals surface area contributed by atoms with Crippen LogP contribution in [0.25, 0.3) is 0 Å². The molecule has 1 N–H and O–H groups in total. The Morgan fingerprint density at radius 1 is 1.50 bits per heavy atom. The Morgan fingerprint density at radius 3 is 1.80 bits per heavy atom. The third-order valence-electron chi connectivity index (χ3n) is 1.06. The van der Waals surface area contributed by atoms with E-state index in [0.717, 1.165) is 13.8 Å². The maximum atomic E-state index is 12.2. The highest BCUT2D eigenvalue weighted by molar-refractivity contribution is 7.53. The zero-order chi connectivity index (χ0) is 8.58. The molecule has 0 aliphatic rings. The molecule has 0 bridgehead atoms. The minimum absolute atomic E-state index is 0.975. The maximum Gasteiger partial charge on any atom is 0.432 e. The van der Waals surface area contributed by atoms with Gasteiger partial charge in [0.25, 0.3) is 0 Å². The van der Waals surface area contributed by atoms with Crippen LogP contribution in [-0.2, 0) is 4.57 Å². The molecule has 0 radical (unpaired) electrons. The van der Waals surface area contributed by atoms with Gasteiger partial charge in [0.1, 0.15) is 0 Å². The monoisotopic (exact) mass is 176 g/mol. The number of hydrogen-bond donors (Lipinski definition) is 1. The van der Waals surface area contributed by atoms with Gasteiger partial charge >= 0.3 is 13.3 Å². The lowest BCUT2D eigenvalue weighted by atomic mass is 10.2. The van der Waals surface area contributed by atoms with Crippen LogP contribution < -0.4 is 0 Å². The molecule has 0 aromatic rings. The molecule has 0 amide bonds. The maximum absolute atomic E-state index is 12.2. The van der Waals surface area contributed by atoms with E-state index >= 15 is 0 Å². The molecule has 6 heteroatoms. The van der Waals surface area contributed by atoms with Gasteiger partial charge in [-0.3, -0.25) is 0 Å². The SMILES string of the molecule is CC(C)C(F)(F)P(=O)(O)F. The van der Waals surface area contributed by atoms with Crippen LogP contribution in [0.3, 0.4) is 0 Å². The summed E-state index contributed by atoms with van der Waals surface area (Å²) in [6, 6.07) is 0. The molecular weight excluding hydrogens is 168 g/mol. The van der Waals surface area contributed by atoms with Gasteiger partial charge in [-0.1, -0.05) is 13.8 Å². The van der Waals surface area contributed by atoms with Gasteiger partial charge in [0.05, 0.1) is 0 Å². The minimum atomic E-state index is -5.76. The van der Waals surface area contributed by atoms with Gasteiger partial charge in [-0.25, -0.2) is 4.57 Å². The van der Waals surface area contributed by atoms with Crippen LogP contribution in [0.5, 0.6) is 0 Å². The lowest BCUT2D eigenvalue weighted by Crippen LogP contribution is -2.21. The molecule has 0 rings (SSSR count). The Balaban J connectivity index is 4.58. The second-order valence-corrected chi connectivity index (χ2v) is 3.84. The number of rotatable bonds is 2. The fourth-order valence-corrected chi connectivity index (χ4v) is 0.955. The molecule has 0 aliphatic carbocycles. The second-order valence-electron chi connectivity index (χ2n) is 2.24. The summed E-state index contributed by atoms with van der Waals surface area (Å²) in [6.07, 6.45) is 0. The fourth-order valence-electron chi connectivity index (χ4n) is 0.318. The summed E-state index contributed by atoms with van der Waals surface area (Å²) >= 11 is 0. The molecule has 0 heterocycles. The Bertz CT molecular complexity index is 162. The van der Waals surface area contributed by atoms with Crippen molar-refractivity contribution in [1.82, 2.24) is 0 Å². The smallest absolute Gasteiger partial charge is 0.317 e. The standard InChI is InChI=1S/C4H8F3O2P/c1-3(2)4(5,6)10(7,8)9/h3H,1-2H3,(H,8,9). The molecule has 1 atom stereocenters. The number of alkyl halides is 2. The molecule has 0 aromatic carbocycles. The molecule has 0 fully saturated rings. The normalized spacial score (nSPS) is 19.1. The molecule has 0 aliphatic heterocycles. The van der Waals surface area contributed by atoms with Crippen molar-refractivity contribution in [3.8, 4) is 0 Å². The van der Waals surface area contributed by atoms with E-state index in [1.54, 1.807) is 0 Å². The van der Waals surface area contributed by atoms with E-state index < -0.39 is 19.3 Å². The van der Waals surface area contributed by atoms with Crippen LogP contribution in [-0.4, -0.2) is 10.6 Å². The Hall–Kier alpha value is -0.0200. The molecule has 0 saturated heterocycles. The van der Waals surface area contributed by atoms with Crippen LogP contribution in [0.2, 0.25) is 0 Å². The molecule has 62 valence electrons. The van der Waals surface area contributed by atoms with Crippen LogP contribution >= 0.6 is 7.68 Å². The molecule has 2 nitrogen and oxygen atoms in total. The van der Waals surface area contributed by atoms with Crippen molar-refractivity contribution < 1.29 is 22.4 Å². The van der Waals surface area contributed by atoms with Crippen molar-refractivity contribution in [2.75, 3.05) is 0 Å². The molecule has 1 unspecified atom stereocenters. The van der Waals surface area contributed by atoms with Gasteiger partial charge in [-0.05, 0) is 0 Å². The van der Waals surface area contributed by atoms with Crippen molar-refractivity contribution in [3.63, 3.8) is 0 Å². The Morgan fingerprint density at radius 2 is 1.80 bits per heavy atom. The largest absolute Gasteiger partial charge is 0.432 e. The third kappa shape index (κ3) is 1.73. The van der Waals surface area contributed by atoms with Crippen molar-refractivity contribution in [2.45, 2.75) is 19.5 Å². The first kappa shape index (κ1) is 9.98. The average molecular weight is 176 g/mol. The summed E-state index contributed by atoms with van der Waals surface area (Å²) in [5, 5.41) is 0. The molecule has 0 spiro atoms. The lowest BCUT2D eigenvalue weighted by molar-refractivity contribution is 0.0209. The first-order valence-electron chi connectivity index (χ1n) is 2.60. The lowest BCUT2D eigenvalue weighted by Gasteiger charge is -2.18. The van der Waals surface area contributed by atoms with Crippen LogP contribution in [0.4, 0.5) is 13.0 Å². The van der Waals surface area contributed by atoms with Crippen molar-refractivity contribution in [1.29, 1.82) is 0 Å². The highest BCUT2D eigenvalue weighted by atomic mass is 31.2. The van der Waals surface area contributed by atoms with Crippen molar-refractivity contribution in [2.24, 2.45) is 5.92 Å². The molecule has 10 heavy (non-hydrogen) atoms. The molecular formula is C4H8F3O2P. The van der Waals surface area contributed by atoms with Gasteiger partial charge in [0.15, 0.2) is 0 Å². The van der Waals surface area contributed by atoms with Crippen LogP contribution in [0.1, 0.15) is 13.8 Å². The zero-order valence-electron chi connectivity index (χ0n) is 5.51. The third-order valence-corrected chi connectivity index (χ3v) is 2.31. The number of halogens is 3. The topological polar surface area (TPSA) is 37.3 Å². The molecule has 0 aromatic heterocycles. The minimum Gasteiger partial charge on any atom is -0.317 e. The predicted molar refractivity (Wildman–Crippen MR) is 30.7 cm³/mol. The van der Waals surface area contributed by atoms with Crippen LogP contribution in [0.15, 0.2) is 0 Å². The predicted octanol–water partition coefficient (Wildman–Crippen LogP) is 2.39. The van der Waals surface area contributed by atoms with Crippen molar-refractivity contribution in [3.05, 3.63) is 0 Å².